The number of hydrogen-bond donors (Lipinski definition) is 1. The summed E-state index contributed by atoms with van der Waals surface area (Å²) in [7, 11) is 0. The molecule has 1 fully saturated rings. The molecule has 1 aliphatic carbocycles. The van der Waals surface area contributed by atoms with Crippen molar-refractivity contribution in [3.05, 3.63) is 11.6 Å². The summed E-state index contributed by atoms with van der Waals surface area (Å²) in [5.74, 6) is 0. The molecule has 0 aromatic heterocycles. The molecule has 0 radical (unpaired) electrons. The van der Waals surface area contributed by atoms with E-state index in [0.717, 1.165) is 37.5 Å². The Kier molecular flexibility index (Phi) is 5.20. The van der Waals surface area contributed by atoms with E-state index in [0.29, 0.717) is 0 Å². The summed E-state index contributed by atoms with van der Waals surface area (Å²) in [6.45, 7) is 2.78. The molecule has 0 amide bonds. The van der Waals surface area contributed by atoms with Crippen LogP contribution in [-0.4, -0.2) is 37.3 Å². The van der Waals surface area contributed by atoms with Crippen molar-refractivity contribution in [2.75, 3.05) is 26.0 Å². The first-order valence-corrected chi connectivity index (χ1v) is 7.69. The third-order valence-corrected chi connectivity index (χ3v) is 4.65. The van der Waals surface area contributed by atoms with Crippen molar-refractivity contribution in [3.8, 4) is 0 Å². The van der Waals surface area contributed by atoms with Crippen LogP contribution < -0.4 is 5.32 Å². The lowest BCUT2D eigenvalue weighted by molar-refractivity contribution is 0.148. The summed E-state index contributed by atoms with van der Waals surface area (Å²) < 4.78 is 5.45. The van der Waals surface area contributed by atoms with Gasteiger partial charge in [0.25, 0.3) is 0 Å². The van der Waals surface area contributed by atoms with Gasteiger partial charge in [0.05, 0.1) is 13.2 Å². The zero-order chi connectivity index (χ0) is 11.2. The predicted molar refractivity (Wildman–Crippen MR) is 71.1 cm³/mol. The second-order valence-electron chi connectivity index (χ2n) is 4.81. The summed E-state index contributed by atoms with van der Waals surface area (Å²) in [6.07, 6.45) is 11.2. The fraction of sp³-hybridized carbons (Fsp3) is 0.846. The van der Waals surface area contributed by atoms with E-state index in [1.54, 1.807) is 0 Å². The Morgan fingerprint density at radius 1 is 1.50 bits per heavy atom. The van der Waals surface area contributed by atoms with E-state index in [1.165, 1.54) is 31.3 Å². The first-order chi connectivity index (χ1) is 7.88. The first kappa shape index (κ1) is 12.5. The van der Waals surface area contributed by atoms with E-state index in [9.17, 15) is 0 Å². The molecule has 1 aliphatic heterocycles. The highest BCUT2D eigenvalue weighted by molar-refractivity contribution is 7.99. The Bertz CT molecular complexity index is 242. The molecular formula is C13H23NOS. The van der Waals surface area contributed by atoms with Gasteiger partial charge < -0.3 is 10.1 Å². The average Bonchev–Trinajstić information content (AvgIpc) is 2.38. The van der Waals surface area contributed by atoms with E-state index in [2.05, 4.69) is 17.6 Å². The Hall–Kier alpha value is 0.01000. The van der Waals surface area contributed by atoms with Crippen LogP contribution in [-0.2, 0) is 4.74 Å². The van der Waals surface area contributed by atoms with Crippen molar-refractivity contribution in [3.63, 3.8) is 0 Å². The van der Waals surface area contributed by atoms with Crippen molar-refractivity contribution >= 4 is 11.8 Å². The molecule has 2 nitrogen and oxygen atoms in total. The second kappa shape index (κ2) is 6.67. The molecule has 0 spiro atoms. The zero-order valence-corrected chi connectivity index (χ0v) is 11.0. The van der Waals surface area contributed by atoms with Gasteiger partial charge in [-0.25, -0.2) is 0 Å². The summed E-state index contributed by atoms with van der Waals surface area (Å²) >= 11 is 2.03. The Balaban J connectivity index is 1.70. The number of nitrogens with one attached hydrogen (secondary N) is 1. The molecule has 2 aliphatic rings. The maximum Gasteiger partial charge on any atom is 0.0689 e. The molecule has 0 aromatic carbocycles. The predicted octanol–water partition coefficient (Wildman–Crippen LogP) is 2.60. The van der Waals surface area contributed by atoms with E-state index >= 15 is 0 Å². The quantitative estimate of drug-likeness (QED) is 0.765. The molecule has 2 atom stereocenters. The standard InChI is InChI=1S/C13H23NOS/c1-16-13-6-2-5-12(8-13)14-9-11-4-3-7-15-10-11/h4,12-14H,2-3,5-10H2,1H3. The van der Waals surface area contributed by atoms with Crippen molar-refractivity contribution in [1.82, 2.24) is 5.32 Å². The first-order valence-electron chi connectivity index (χ1n) is 6.40. The topological polar surface area (TPSA) is 21.3 Å². The third-order valence-electron chi connectivity index (χ3n) is 3.56. The Morgan fingerprint density at radius 2 is 2.44 bits per heavy atom. The van der Waals surface area contributed by atoms with Crippen LogP contribution in [0.4, 0.5) is 0 Å². The number of ether oxygens (including phenoxy) is 1. The number of rotatable bonds is 4. The van der Waals surface area contributed by atoms with Crippen LogP contribution in [0.2, 0.25) is 0 Å². The maximum absolute atomic E-state index is 5.45. The van der Waals surface area contributed by atoms with Crippen molar-refractivity contribution in [2.24, 2.45) is 0 Å². The van der Waals surface area contributed by atoms with Crippen LogP contribution in [0.1, 0.15) is 32.1 Å². The monoisotopic (exact) mass is 241 g/mol. The van der Waals surface area contributed by atoms with Crippen molar-refractivity contribution in [1.29, 1.82) is 0 Å². The van der Waals surface area contributed by atoms with Crippen LogP contribution in [0.3, 0.4) is 0 Å². The summed E-state index contributed by atoms with van der Waals surface area (Å²) in [4.78, 5) is 0. The molecule has 0 saturated heterocycles. The van der Waals surface area contributed by atoms with Gasteiger partial charge in [0.15, 0.2) is 0 Å². The highest BCUT2D eigenvalue weighted by atomic mass is 32.2. The molecule has 92 valence electrons. The van der Waals surface area contributed by atoms with E-state index in [1.807, 2.05) is 11.8 Å². The van der Waals surface area contributed by atoms with Gasteiger partial charge in [-0.3, -0.25) is 0 Å². The van der Waals surface area contributed by atoms with Gasteiger partial charge in [-0.15, -0.1) is 0 Å². The molecule has 1 N–H and O–H groups in total. The smallest absolute Gasteiger partial charge is 0.0689 e. The minimum atomic E-state index is 0.731. The SMILES string of the molecule is CSC1CCCC(NCC2=CCCOC2)C1. The van der Waals surface area contributed by atoms with E-state index in [-0.39, 0.29) is 0 Å². The van der Waals surface area contributed by atoms with Gasteiger partial charge in [0, 0.05) is 17.8 Å². The van der Waals surface area contributed by atoms with E-state index < -0.39 is 0 Å². The molecule has 2 rings (SSSR count). The molecule has 0 aromatic rings. The highest BCUT2D eigenvalue weighted by Crippen LogP contribution is 2.26. The van der Waals surface area contributed by atoms with Crippen molar-refractivity contribution in [2.45, 2.75) is 43.4 Å². The lowest BCUT2D eigenvalue weighted by Crippen LogP contribution is -2.36. The Labute approximate surface area is 103 Å². The van der Waals surface area contributed by atoms with Gasteiger partial charge in [0.2, 0.25) is 0 Å². The molecule has 3 heteroatoms. The summed E-state index contributed by atoms with van der Waals surface area (Å²) in [6, 6.07) is 0.731. The maximum atomic E-state index is 5.45. The summed E-state index contributed by atoms with van der Waals surface area (Å²) in [5.41, 5.74) is 1.44. The molecule has 16 heavy (non-hydrogen) atoms. The molecule has 0 bridgehead atoms. The Morgan fingerprint density at radius 3 is 3.19 bits per heavy atom. The molecule has 1 heterocycles. The third kappa shape index (κ3) is 3.79. The second-order valence-corrected chi connectivity index (χ2v) is 5.94. The lowest BCUT2D eigenvalue weighted by Gasteiger charge is -2.29. The van der Waals surface area contributed by atoms with Gasteiger partial charge in [-0.1, -0.05) is 12.5 Å². The highest BCUT2D eigenvalue weighted by Gasteiger charge is 2.20. The number of thioether (sulfide) groups is 1. The van der Waals surface area contributed by atoms with Crippen LogP contribution in [0.25, 0.3) is 0 Å². The van der Waals surface area contributed by atoms with Crippen LogP contribution in [0, 0.1) is 0 Å². The summed E-state index contributed by atoms with van der Waals surface area (Å²) in [5, 5.41) is 4.57. The molecular weight excluding hydrogens is 218 g/mol. The fourth-order valence-electron chi connectivity index (χ4n) is 2.55. The zero-order valence-electron chi connectivity index (χ0n) is 10.2. The van der Waals surface area contributed by atoms with Gasteiger partial charge in [-0.05, 0) is 37.5 Å². The molecule has 2 unspecified atom stereocenters. The van der Waals surface area contributed by atoms with Gasteiger partial charge in [0.1, 0.15) is 0 Å². The normalized spacial score (nSPS) is 31.2. The molecule has 1 saturated carbocycles. The number of hydrogen-bond acceptors (Lipinski definition) is 3. The lowest BCUT2D eigenvalue weighted by atomic mass is 9.94. The van der Waals surface area contributed by atoms with Gasteiger partial charge in [-0.2, -0.15) is 11.8 Å². The largest absolute Gasteiger partial charge is 0.377 e. The van der Waals surface area contributed by atoms with Crippen molar-refractivity contribution < 1.29 is 4.74 Å². The van der Waals surface area contributed by atoms with Crippen LogP contribution >= 0.6 is 11.8 Å². The van der Waals surface area contributed by atoms with E-state index in [4.69, 9.17) is 4.74 Å². The van der Waals surface area contributed by atoms with Crippen LogP contribution in [0.5, 0.6) is 0 Å². The average molecular weight is 241 g/mol. The fourth-order valence-corrected chi connectivity index (χ4v) is 3.38. The van der Waals surface area contributed by atoms with Crippen LogP contribution in [0.15, 0.2) is 11.6 Å². The van der Waals surface area contributed by atoms with Gasteiger partial charge >= 0.3 is 0 Å². The minimum Gasteiger partial charge on any atom is -0.377 e. The minimum absolute atomic E-state index is 0.731.